The smallest absolute Gasteiger partial charge is 0.0314 e. The second-order valence-corrected chi connectivity index (χ2v) is 14.8. The van der Waals surface area contributed by atoms with Crippen molar-refractivity contribution in [2.75, 3.05) is 0 Å². The molecule has 0 radical (unpaired) electrons. The van der Waals surface area contributed by atoms with Gasteiger partial charge in [0.25, 0.3) is 0 Å². The molecule has 2 aliphatic rings. The molecule has 0 aromatic heterocycles. The standard InChI is InChI=1S/C43H44/c1-8-13-28-25-37-34(33-17-11-15-27-14-9-10-16-31(27)33)18-12-19-36(37)40(28)41-38-26-29-24-30(42(2,3)4)20-21-32(29)35(38)22-23-39(41)43(5,6)7/h9-12,14-25,40H,8,13,26H2,1-7H3. The average Bonchev–Trinajstić information content (AvgIpc) is 3.53. The molecule has 0 N–H and O–H groups in total. The van der Waals surface area contributed by atoms with Crippen molar-refractivity contribution in [1.82, 2.24) is 0 Å². The van der Waals surface area contributed by atoms with Crippen molar-refractivity contribution in [2.45, 2.75) is 84.5 Å². The molecule has 0 heterocycles. The lowest BCUT2D eigenvalue weighted by atomic mass is 9.73. The van der Waals surface area contributed by atoms with Gasteiger partial charge in [0.1, 0.15) is 0 Å². The zero-order valence-electron chi connectivity index (χ0n) is 26.9. The van der Waals surface area contributed by atoms with Gasteiger partial charge in [0, 0.05) is 5.92 Å². The Labute approximate surface area is 258 Å². The molecular weight excluding hydrogens is 516 g/mol. The number of hydrogen-bond acceptors (Lipinski definition) is 0. The molecule has 5 aromatic rings. The molecule has 2 aliphatic carbocycles. The van der Waals surface area contributed by atoms with Crippen molar-refractivity contribution in [3.8, 4) is 22.3 Å². The monoisotopic (exact) mass is 560 g/mol. The molecule has 5 aromatic carbocycles. The first-order chi connectivity index (χ1) is 20.6. The second kappa shape index (κ2) is 10.1. The van der Waals surface area contributed by atoms with Crippen molar-refractivity contribution in [2.24, 2.45) is 0 Å². The highest BCUT2D eigenvalue weighted by molar-refractivity contribution is 5.99. The zero-order chi connectivity index (χ0) is 30.1. The lowest BCUT2D eigenvalue weighted by molar-refractivity contribution is 0.579. The van der Waals surface area contributed by atoms with E-state index in [4.69, 9.17) is 0 Å². The molecule has 43 heavy (non-hydrogen) atoms. The summed E-state index contributed by atoms with van der Waals surface area (Å²) >= 11 is 0. The van der Waals surface area contributed by atoms with E-state index in [0.717, 1.165) is 19.3 Å². The lowest BCUT2D eigenvalue weighted by Crippen LogP contribution is -2.19. The molecule has 0 spiro atoms. The normalized spacial score (nSPS) is 15.8. The maximum atomic E-state index is 2.56. The Hall–Kier alpha value is -3.90. The van der Waals surface area contributed by atoms with Gasteiger partial charge >= 0.3 is 0 Å². The van der Waals surface area contributed by atoms with Crippen LogP contribution in [0.3, 0.4) is 0 Å². The van der Waals surface area contributed by atoms with Gasteiger partial charge in [0.2, 0.25) is 0 Å². The summed E-state index contributed by atoms with van der Waals surface area (Å²) in [4.78, 5) is 0. The Bertz CT molecular complexity index is 1910. The van der Waals surface area contributed by atoms with Crippen molar-refractivity contribution < 1.29 is 0 Å². The van der Waals surface area contributed by atoms with Gasteiger partial charge in [-0.2, -0.15) is 0 Å². The Balaban J connectivity index is 1.46. The quantitative estimate of drug-likeness (QED) is 0.201. The topological polar surface area (TPSA) is 0 Å². The summed E-state index contributed by atoms with van der Waals surface area (Å²) in [6.07, 6.45) is 5.84. The Morgan fingerprint density at radius 3 is 2.16 bits per heavy atom. The van der Waals surface area contributed by atoms with Crippen LogP contribution in [0.5, 0.6) is 0 Å². The average molecular weight is 561 g/mol. The third-order valence-electron chi connectivity index (χ3n) is 9.85. The molecule has 0 heteroatoms. The number of allylic oxidation sites excluding steroid dienone is 1. The highest BCUT2D eigenvalue weighted by atomic mass is 14.4. The van der Waals surface area contributed by atoms with E-state index in [2.05, 4.69) is 146 Å². The van der Waals surface area contributed by atoms with Gasteiger partial charge in [0.05, 0.1) is 0 Å². The SMILES string of the molecule is CCCC1=Cc2c(-c3cccc4ccccc34)cccc2C1c1c(C(C)(C)C)ccc2c1Cc1cc(C(C)(C)C)ccc1-2. The molecule has 0 aliphatic heterocycles. The van der Waals surface area contributed by atoms with E-state index in [1.165, 1.54) is 60.8 Å². The van der Waals surface area contributed by atoms with Gasteiger partial charge in [-0.25, -0.2) is 0 Å². The number of benzene rings is 5. The zero-order valence-corrected chi connectivity index (χ0v) is 26.9. The van der Waals surface area contributed by atoms with Gasteiger partial charge in [-0.05, 0) is 95.6 Å². The van der Waals surface area contributed by atoms with Crippen LogP contribution in [0, 0.1) is 0 Å². The van der Waals surface area contributed by atoms with Crippen LogP contribution in [0.15, 0.2) is 96.6 Å². The van der Waals surface area contributed by atoms with Crippen molar-refractivity contribution in [1.29, 1.82) is 0 Å². The van der Waals surface area contributed by atoms with E-state index in [9.17, 15) is 0 Å². The van der Waals surface area contributed by atoms with Crippen LogP contribution in [0.1, 0.15) is 106 Å². The van der Waals surface area contributed by atoms with Crippen LogP contribution in [-0.4, -0.2) is 0 Å². The molecule has 0 nitrogen and oxygen atoms in total. The molecule has 0 saturated carbocycles. The summed E-state index contributed by atoms with van der Waals surface area (Å²) in [7, 11) is 0. The van der Waals surface area contributed by atoms with Gasteiger partial charge in [-0.1, -0.05) is 158 Å². The first kappa shape index (κ1) is 27.9. The van der Waals surface area contributed by atoms with Crippen LogP contribution in [0.2, 0.25) is 0 Å². The molecule has 1 unspecified atom stereocenters. The largest absolute Gasteiger partial charge is 0.0651 e. The van der Waals surface area contributed by atoms with E-state index < -0.39 is 0 Å². The summed E-state index contributed by atoms with van der Waals surface area (Å²) in [5.41, 5.74) is 17.7. The van der Waals surface area contributed by atoms with Gasteiger partial charge < -0.3 is 0 Å². The van der Waals surface area contributed by atoms with E-state index in [1.807, 2.05) is 0 Å². The summed E-state index contributed by atoms with van der Waals surface area (Å²) < 4.78 is 0. The van der Waals surface area contributed by atoms with E-state index in [-0.39, 0.29) is 16.7 Å². The molecule has 0 amide bonds. The number of fused-ring (bicyclic) bond motifs is 5. The minimum atomic E-state index is 0.0447. The maximum absolute atomic E-state index is 2.56. The van der Waals surface area contributed by atoms with Crippen LogP contribution in [-0.2, 0) is 17.3 Å². The van der Waals surface area contributed by atoms with E-state index in [1.54, 1.807) is 16.7 Å². The molecule has 7 rings (SSSR count). The van der Waals surface area contributed by atoms with E-state index in [0.29, 0.717) is 0 Å². The minimum Gasteiger partial charge on any atom is -0.0651 e. The van der Waals surface area contributed by atoms with Crippen LogP contribution in [0.25, 0.3) is 39.1 Å². The minimum absolute atomic E-state index is 0.0447. The number of hydrogen-bond donors (Lipinski definition) is 0. The molecule has 216 valence electrons. The fraction of sp³-hybridized carbons (Fsp3) is 0.302. The van der Waals surface area contributed by atoms with Gasteiger partial charge in [0.15, 0.2) is 0 Å². The highest BCUT2D eigenvalue weighted by Crippen LogP contribution is 2.53. The Kier molecular flexibility index (Phi) is 6.55. The highest BCUT2D eigenvalue weighted by Gasteiger charge is 2.36. The lowest BCUT2D eigenvalue weighted by Gasteiger charge is -2.30. The molecule has 0 fully saturated rings. The molecule has 1 atom stereocenters. The fourth-order valence-electron chi connectivity index (χ4n) is 7.76. The predicted octanol–water partition coefficient (Wildman–Crippen LogP) is 12.0. The summed E-state index contributed by atoms with van der Waals surface area (Å²) in [6.45, 7) is 16.5. The molecule has 0 saturated heterocycles. The van der Waals surface area contributed by atoms with Crippen molar-refractivity contribution in [3.05, 3.63) is 136 Å². The Morgan fingerprint density at radius 2 is 1.40 bits per heavy atom. The fourth-order valence-corrected chi connectivity index (χ4v) is 7.76. The third-order valence-corrected chi connectivity index (χ3v) is 9.85. The molecule has 0 bridgehead atoms. The number of rotatable bonds is 4. The summed E-state index contributed by atoms with van der Waals surface area (Å²) in [5.74, 6) is 0.283. The predicted molar refractivity (Wildman–Crippen MR) is 186 cm³/mol. The van der Waals surface area contributed by atoms with Crippen molar-refractivity contribution >= 4 is 16.8 Å². The first-order valence-electron chi connectivity index (χ1n) is 16.2. The summed E-state index contributed by atoms with van der Waals surface area (Å²) in [6, 6.07) is 34.7. The first-order valence-corrected chi connectivity index (χ1v) is 16.2. The van der Waals surface area contributed by atoms with Crippen LogP contribution >= 0.6 is 0 Å². The Morgan fingerprint density at radius 1 is 0.674 bits per heavy atom. The molecular formula is C43H44. The second-order valence-electron chi connectivity index (χ2n) is 14.8. The summed E-state index contributed by atoms with van der Waals surface area (Å²) in [5, 5.41) is 2.63. The maximum Gasteiger partial charge on any atom is 0.0314 e. The van der Waals surface area contributed by atoms with Gasteiger partial charge in [-0.3, -0.25) is 0 Å². The van der Waals surface area contributed by atoms with Crippen molar-refractivity contribution in [3.63, 3.8) is 0 Å². The van der Waals surface area contributed by atoms with Crippen LogP contribution in [0.4, 0.5) is 0 Å². The van der Waals surface area contributed by atoms with E-state index >= 15 is 0 Å². The van der Waals surface area contributed by atoms with Crippen LogP contribution < -0.4 is 0 Å². The third kappa shape index (κ3) is 4.58. The van der Waals surface area contributed by atoms with Gasteiger partial charge in [-0.15, -0.1) is 0 Å².